The van der Waals surface area contributed by atoms with Crippen LogP contribution in [0.2, 0.25) is 0 Å². The van der Waals surface area contributed by atoms with Gasteiger partial charge >= 0.3 is 0 Å². The Kier molecular flexibility index (Phi) is 4.30. The molecule has 90 valence electrons. The Morgan fingerprint density at radius 3 is 3.06 bits per heavy atom. The highest BCUT2D eigenvalue weighted by Crippen LogP contribution is 2.16. The molecular weight excluding hydrogens is 208 g/mol. The second-order valence-electron chi connectivity index (χ2n) is 4.22. The molecule has 1 unspecified atom stereocenters. The molecule has 1 N–H and O–H groups in total. The van der Waals surface area contributed by atoms with E-state index in [1.165, 1.54) is 0 Å². The fourth-order valence-corrected chi connectivity index (χ4v) is 1.87. The van der Waals surface area contributed by atoms with Crippen LogP contribution in [-0.2, 0) is 17.6 Å². The Hall–Kier alpha value is -0.940. The number of aliphatic hydroxyl groups is 1. The molecule has 1 saturated heterocycles. The van der Waals surface area contributed by atoms with Crippen molar-refractivity contribution < 1.29 is 14.4 Å². The predicted octanol–water partition coefficient (Wildman–Crippen LogP) is 0.964. The van der Waals surface area contributed by atoms with Crippen molar-refractivity contribution in [3.05, 3.63) is 11.7 Å². The minimum atomic E-state index is 0.223. The van der Waals surface area contributed by atoms with Crippen molar-refractivity contribution in [2.45, 2.75) is 32.1 Å². The number of unbranched alkanes of at least 4 members (excludes halogenated alkanes) is 1. The average molecular weight is 226 g/mol. The summed E-state index contributed by atoms with van der Waals surface area (Å²) in [5, 5.41) is 12.6. The molecule has 1 atom stereocenters. The zero-order valence-corrected chi connectivity index (χ0v) is 9.39. The highest BCUT2D eigenvalue weighted by Gasteiger charge is 2.18. The Morgan fingerprint density at radius 2 is 2.31 bits per heavy atom. The van der Waals surface area contributed by atoms with Crippen LogP contribution >= 0.6 is 0 Å². The van der Waals surface area contributed by atoms with E-state index < -0.39 is 0 Å². The molecule has 0 amide bonds. The lowest BCUT2D eigenvalue weighted by molar-refractivity contribution is 0.185. The molecule has 2 heterocycles. The quantitative estimate of drug-likeness (QED) is 0.732. The number of hydrogen-bond acceptors (Lipinski definition) is 5. The number of rotatable bonds is 6. The maximum absolute atomic E-state index is 8.66. The van der Waals surface area contributed by atoms with Crippen molar-refractivity contribution in [2.24, 2.45) is 5.92 Å². The van der Waals surface area contributed by atoms with Gasteiger partial charge in [-0.25, -0.2) is 0 Å². The fraction of sp³-hybridized carbons (Fsp3) is 0.818. The SMILES string of the molecule is OCCCCc1nc(CC2CCOC2)no1. The zero-order valence-electron chi connectivity index (χ0n) is 9.39. The smallest absolute Gasteiger partial charge is 0.226 e. The standard InChI is InChI=1S/C11H18N2O3/c14-5-2-1-3-11-12-10(13-16-11)7-9-4-6-15-8-9/h9,14H,1-8H2. The average Bonchev–Trinajstić information content (AvgIpc) is 2.91. The van der Waals surface area contributed by atoms with Gasteiger partial charge in [-0.3, -0.25) is 0 Å². The van der Waals surface area contributed by atoms with Crippen LogP contribution in [0.5, 0.6) is 0 Å². The molecule has 0 aromatic carbocycles. The van der Waals surface area contributed by atoms with Crippen LogP contribution in [0, 0.1) is 5.92 Å². The molecule has 0 saturated carbocycles. The molecular formula is C11H18N2O3. The third-order valence-electron chi connectivity index (χ3n) is 2.80. The van der Waals surface area contributed by atoms with Crippen LogP contribution in [0.4, 0.5) is 0 Å². The van der Waals surface area contributed by atoms with Gasteiger partial charge in [0.25, 0.3) is 0 Å². The summed E-state index contributed by atoms with van der Waals surface area (Å²) in [7, 11) is 0. The van der Waals surface area contributed by atoms with Crippen LogP contribution in [0.15, 0.2) is 4.52 Å². The number of ether oxygens (including phenoxy) is 1. The second-order valence-corrected chi connectivity index (χ2v) is 4.22. The Labute approximate surface area is 94.8 Å². The van der Waals surface area contributed by atoms with Crippen molar-refractivity contribution in [1.82, 2.24) is 10.1 Å². The first-order valence-corrected chi connectivity index (χ1v) is 5.88. The third kappa shape index (κ3) is 3.28. The first-order chi connectivity index (χ1) is 7.88. The lowest BCUT2D eigenvalue weighted by atomic mass is 10.1. The largest absolute Gasteiger partial charge is 0.396 e. The molecule has 0 radical (unpaired) electrons. The van der Waals surface area contributed by atoms with E-state index in [0.29, 0.717) is 11.8 Å². The number of aromatic nitrogens is 2. The molecule has 1 aromatic rings. The van der Waals surface area contributed by atoms with E-state index in [2.05, 4.69) is 10.1 Å². The minimum absolute atomic E-state index is 0.223. The van der Waals surface area contributed by atoms with Gasteiger partial charge in [-0.15, -0.1) is 0 Å². The molecule has 0 bridgehead atoms. The number of nitrogens with zero attached hydrogens (tertiary/aromatic N) is 2. The number of hydrogen-bond donors (Lipinski definition) is 1. The third-order valence-corrected chi connectivity index (χ3v) is 2.80. The Bertz CT molecular complexity index is 308. The predicted molar refractivity (Wildman–Crippen MR) is 57.0 cm³/mol. The zero-order chi connectivity index (χ0) is 11.2. The Balaban J connectivity index is 1.77. The van der Waals surface area contributed by atoms with Gasteiger partial charge in [0, 0.05) is 32.7 Å². The molecule has 1 aromatic heterocycles. The summed E-state index contributed by atoms with van der Waals surface area (Å²) in [5.74, 6) is 2.01. The topological polar surface area (TPSA) is 68.4 Å². The van der Waals surface area contributed by atoms with E-state index in [1.807, 2.05) is 0 Å². The molecule has 2 rings (SSSR count). The summed E-state index contributed by atoms with van der Waals surface area (Å²) >= 11 is 0. The van der Waals surface area contributed by atoms with Gasteiger partial charge in [-0.2, -0.15) is 4.98 Å². The van der Waals surface area contributed by atoms with E-state index in [4.69, 9.17) is 14.4 Å². The van der Waals surface area contributed by atoms with Crippen molar-refractivity contribution in [2.75, 3.05) is 19.8 Å². The van der Waals surface area contributed by atoms with Gasteiger partial charge in [-0.05, 0) is 25.2 Å². The normalized spacial score (nSPS) is 20.4. The lowest BCUT2D eigenvalue weighted by Gasteiger charge is -2.00. The summed E-state index contributed by atoms with van der Waals surface area (Å²) < 4.78 is 10.4. The fourth-order valence-electron chi connectivity index (χ4n) is 1.87. The lowest BCUT2D eigenvalue weighted by Crippen LogP contribution is -2.05. The number of aliphatic hydroxyl groups excluding tert-OH is 1. The Morgan fingerprint density at radius 1 is 1.38 bits per heavy atom. The summed E-state index contributed by atoms with van der Waals surface area (Å²) in [6, 6.07) is 0. The molecule has 1 aliphatic heterocycles. The molecule has 0 spiro atoms. The molecule has 1 aliphatic rings. The van der Waals surface area contributed by atoms with E-state index in [0.717, 1.165) is 51.1 Å². The number of aryl methyl sites for hydroxylation is 1. The van der Waals surface area contributed by atoms with Crippen LogP contribution in [-0.4, -0.2) is 35.1 Å². The van der Waals surface area contributed by atoms with Crippen LogP contribution in [0.1, 0.15) is 31.0 Å². The molecule has 5 nitrogen and oxygen atoms in total. The van der Waals surface area contributed by atoms with Crippen LogP contribution in [0.25, 0.3) is 0 Å². The maximum atomic E-state index is 8.66. The summed E-state index contributed by atoms with van der Waals surface area (Å²) in [4.78, 5) is 4.33. The minimum Gasteiger partial charge on any atom is -0.396 e. The molecule has 1 fully saturated rings. The van der Waals surface area contributed by atoms with Crippen molar-refractivity contribution in [1.29, 1.82) is 0 Å². The van der Waals surface area contributed by atoms with Gasteiger partial charge < -0.3 is 14.4 Å². The summed E-state index contributed by atoms with van der Waals surface area (Å²) in [6.07, 6.45) is 4.38. The van der Waals surface area contributed by atoms with Crippen molar-refractivity contribution in [3.63, 3.8) is 0 Å². The monoisotopic (exact) mass is 226 g/mol. The molecule has 5 heteroatoms. The van der Waals surface area contributed by atoms with Gasteiger partial charge in [0.2, 0.25) is 5.89 Å². The molecule has 0 aliphatic carbocycles. The maximum Gasteiger partial charge on any atom is 0.226 e. The van der Waals surface area contributed by atoms with E-state index in [9.17, 15) is 0 Å². The van der Waals surface area contributed by atoms with Gasteiger partial charge in [0.05, 0.1) is 0 Å². The first kappa shape index (κ1) is 11.5. The highest BCUT2D eigenvalue weighted by molar-refractivity contribution is 4.89. The highest BCUT2D eigenvalue weighted by atomic mass is 16.5. The van der Waals surface area contributed by atoms with Crippen LogP contribution < -0.4 is 0 Å². The van der Waals surface area contributed by atoms with Crippen molar-refractivity contribution >= 4 is 0 Å². The van der Waals surface area contributed by atoms with Gasteiger partial charge in [-0.1, -0.05) is 5.16 Å². The van der Waals surface area contributed by atoms with Gasteiger partial charge in [0.1, 0.15) is 0 Å². The summed E-state index contributed by atoms with van der Waals surface area (Å²) in [6.45, 7) is 1.89. The van der Waals surface area contributed by atoms with E-state index >= 15 is 0 Å². The van der Waals surface area contributed by atoms with Gasteiger partial charge in [0.15, 0.2) is 5.82 Å². The first-order valence-electron chi connectivity index (χ1n) is 5.88. The van der Waals surface area contributed by atoms with E-state index in [1.54, 1.807) is 0 Å². The summed E-state index contributed by atoms with van der Waals surface area (Å²) in [5.41, 5.74) is 0. The second kappa shape index (κ2) is 5.96. The van der Waals surface area contributed by atoms with Crippen molar-refractivity contribution in [3.8, 4) is 0 Å². The molecule has 16 heavy (non-hydrogen) atoms. The van der Waals surface area contributed by atoms with Crippen LogP contribution in [0.3, 0.4) is 0 Å². The van der Waals surface area contributed by atoms with E-state index in [-0.39, 0.29) is 6.61 Å².